The van der Waals surface area contributed by atoms with E-state index < -0.39 is 10.0 Å². The number of hydrogen-bond donors (Lipinski definition) is 1. The van der Waals surface area contributed by atoms with Crippen LogP contribution in [0.25, 0.3) is 11.0 Å². The lowest BCUT2D eigenvalue weighted by Gasteiger charge is -2.26. The van der Waals surface area contributed by atoms with Gasteiger partial charge in [-0.25, -0.2) is 8.42 Å². The molecule has 0 saturated carbocycles. The molecular weight excluding hydrogens is 302 g/mol. The maximum Gasteiger partial charge on any atom is 0.220 e. The monoisotopic (exact) mass is 323 g/mol. The Kier molecular flexibility index (Phi) is 4.46. The first-order valence-corrected chi connectivity index (χ1v) is 9.26. The molecule has 0 amide bonds. The molecule has 1 saturated heterocycles. The molecule has 1 aliphatic heterocycles. The van der Waals surface area contributed by atoms with Crippen LogP contribution in [-0.4, -0.2) is 43.6 Å². The molecule has 2 aromatic rings. The lowest BCUT2D eigenvalue weighted by atomic mass is 10.2. The first-order valence-electron chi connectivity index (χ1n) is 7.65. The largest absolute Gasteiger partial charge is 0.356 e. The summed E-state index contributed by atoms with van der Waals surface area (Å²) in [4.78, 5) is 0. The number of rotatable bonds is 6. The van der Waals surface area contributed by atoms with Crippen molar-refractivity contribution in [2.75, 3.05) is 19.6 Å². The molecule has 120 valence electrons. The summed E-state index contributed by atoms with van der Waals surface area (Å²) in [6, 6.07) is 7.39. The maximum atomic E-state index is 12.8. The number of fused-ring (bicyclic) bond motifs is 1. The van der Waals surface area contributed by atoms with Crippen LogP contribution < -0.4 is 5.32 Å². The Hall–Kier alpha value is -1.44. The fourth-order valence-electron chi connectivity index (χ4n) is 2.95. The highest BCUT2D eigenvalue weighted by atomic mass is 32.2. The number of sulfonamides is 1. The van der Waals surface area contributed by atoms with Crippen molar-refractivity contribution in [3.05, 3.63) is 30.0 Å². The quantitative estimate of drug-likeness (QED) is 0.876. The topological polar surface area (TPSA) is 75.4 Å². The summed E-state index contributed by atoms with van der Waals surface area (Å²) >= 11 is 0. The van der Waals surface area contributed by atoms with Gasteiger partial charge in [-0.1, -0.05) is 24.2 Å². The van der Waals surface area contributed by atoms with Crippen LogP contribution in [-0.2, 0) is 15.8 Å². The second kappa shape index (κ2) is 6.36. The summed E-state index contributed by atoms with van der Waals surface area (Å²) in [6.07, 6.45) is 1.66. The SMILES string of the molecule is CCCN(C1CCNC1)S(=O)(=O)Cc1noc2ccccc12. The number of nitrogens with zero attached hydrogens (tertiary/aromatic N) is 2. The van der Waals surface area contributed by atoms with Gasteiger partial charge >= 0.3 is 0 Å². The summed E-state index contributed by atoms with van der Waals surface area (Å²) in [5, 5.41) is 7.96. The molecule has 3 rings (SSSR count). The maximum absolute atomic E-state index is 12.8. The van der Waals surface area contributed by atoms with Crippen molar-refractivity contribution in [3.63, 3.8) is 0 Å². The predicted molar refractivity (Wildman–Crippen MR) is 84.9 cm³/mol. The minimum absolute atomic E-state index is 0.0446. The van der Waals surface area contributed by atoms with Crippen LogP contribution in [0.1, 0.15) is 25.5 Å². The Labute approximate surface area is 130 Å². The van der Waals surface area contributed by atoms with Gasteiger partial charge in [0.1, 0.15) is 11.4 Å². The first kappa shape index (κ1) is 15.5. The van der Waals surface area contributed by atoms with E-state index >= 15 is 0 Å². The minimum atomic E-state index is -3.41. The second-order valence-corrected chi connectivity index (χ2v) is 7.56. The lowest BCUT2D eigenvalue weighted by molar-refractivity contribution is 0.334. The van der Waals surface area contributed by atoms with E-state index in [0.29, 0.717) is 17.8 Å². The molecule has 22 heavy (non-hydrogen) atoms. The van der Waals surface area contributed by atoms with Gasteiger partial charge < -0.3 is 9.84 Å². The van der Waals surface area contributed by atoms with E-state index in [1.807, 2.05) is 25.1 Å². The number of aromatic nitrogens is 1. The van der Waals surface area contributed by atoms with E-state index in [2.05, 4.69) is 10.5 Å². The molecule has 1 aliphatic rings. The zero-order valence-electron chi connectivity index (χ0n) is 12.7. The number of para-hydroxylation sites is 1. The van der Waals surface area contributed by atoms with Gasteiger partial charge in [0.05, 0.1) is 0 Å². The molecule has 1 fully saturated rings. The van der Waals surface area contributed by atoms with E-state index in [4.69, 9.17) is 4.52 Å². The number of benzene rings is 1. The van der Waals surface area contributed by atoms with Gasteiger partial charge in [0.15, 0.2) is 5.58 Å². The average Bonchev–Trinajstić information content (AvgIpc) is 3.15. The molecule has 0 bridgehead atoms. The van der Waals surface area contributed by atoms with Crippen molar-refractivity contribution < 1.29 is 12.9 Å². The fraction of sp³-hybridized carbons (Fsp3) is 0.533. The molecule has 1 unspecified atom stereocenters. The van der Waals surface area contributed by atoms with Crippen LogP contribution >= 0.6 is 0 Å². The smallest absolute Gasteiger partial charge is 0.220 e. The zero-order valence-corrected chi connectivity index (χ0v) is 13.5. The van der Waals surface area contributed by atoms with Crippen LogP contribution in [0.5, 0.6) is 0 Å². The Bertz CT molecular complexity index is 735. The molecule has 1 aromatic carbocycles. The van der Waals surface area contributed by atoms with E-state index in [1.165, 1.54) is 0 Å². The predicted octanol–water partition coefficient (Wildman–Crippen LogP) is 1.73. The van der Waals surface area contributed by atoms with Crippen LogP contribution in [0.4, 0.5) is 0 Å². The van der Waals surface area contributed by atoms with Crippen LogP contribution in [0.2, 0.25) is 0 Å². The Morgan fingerprint density at radius 1 is 1.41 bits per heavy atom. The third kappa shape index (κ3) is 3.02. The van der Waals surface area contributed by atoms with Gasteiger partial charge in [-0.2, -0.15) is 4.31 Å². The average molecular weight is 323 g/mol. The molecule has 0 aliphatic carbocycles. The fourth-order valence-corrected chi connectivity index (χ4v) is 4.77. The van der Waals surface area contributed by atoms with Crippen molar-refractivity contribution >= 4 is 21.0 Å². The second-order valence-electron chi connectivity index (χ2n) is 5.64. The normalized spacial score (nSPS) is 19.3. The van der Waals surface area contributed by atoms with Crippen molar-refractivity contribution in [1.29, 1.82) is 0 Å². The molecular formula is C15H21N3O3S. The molecule has 1 aromatic heterocycles. The van der Waals surface area contributed by atoms with Crippen LogP contribution in [0.3, 0.4) is 0 Å². The third-order valence-electron chi connectivity index (χ3n) is 4.01. The van der Waals surface area contributed by atoms with Gasteiger partial charge in [-0.05, 0) is 31.5 Å². The van der Waals surface area contributed by atoms with Crippen molar-refractivity contribution in [2.45, 2.75) is 31.6 Å². The van der Waals surface area contributed by atoms with Gasteiger partial charge in [0.25, 0.3) is 0 Å². The summed E-state index contributed by atoms with van der Waals surface area (Å²) in [7, 11) is -3.41. The van der Waals surface area contributed by atoms with Crippen LogP contribution in [0.15, 0.2) is 28.8 Å². The number of hydrogen-bond acceptors (Lipinski definition) is 5. The standard InChI is InChI=1S/C15H21N3O3S/c1-2-9-18(12-7-8-16-10-12)22(19,20)11-14-13-5-3-4-6-15(13)21-17-14/h3-6,12,16H,2,7-11H2,1H3. The lowest BCUT2D eigenvalue weighted by Crippen LogP contribution is -2.42. The van der Waals surface area contributed by atoms with Gasteiger partial charge in [-0.3, -0.25) is 0 Å². The molecule has 7 heteroatoms. The summed E-state index contributed by atoms with van der Waals surface area (Å²) in [6.45, 7) is 4.13. The molecule has 6 nitrogen and oxygen atoms in total. The summed E-state index contributed by atoms with van der Waals surface area (Å²) in [5.74, 6) is -0.111. The molecule has 2 heterocycles. The Morgan fingerprint density at radius 3 is 2.95 bits per heavy atom. The van der Waals surface area contributed by atoms with Crippen molar-refractivity contribution in [2.24, 2.45) is 0 Å². The van der Waals surface area contributed by atoms with Gasteiger partial charge in [0.2, 0.25) is 10.0 Å². The molecule has 0 spiro atoms. The first-order chi connectivity index (χ1) is 10.6. The third-order valence-corrected chi connectivity index (χ3v) is 5.85. The summed E-state index contributed by atoms with van der Waals surface area (Å²) in [5.41, 5.74) is 1.11. The van der Waals surface area contributed by atoms with Crippen molar-refractivity contribution in [3.8, 4) is 0 Å². The van der Waals surface area contributed by atoms with E-state index in [0.717, 1.165) is 31.3 Å². The molecule has 1 atom stereocenters. The molecule has 1 N–H and O–H groups in total. The minimum Gasteiger partial charge on any atom is -0.356 e. The Morgan fingerprint density at radius 2 is 2.23 bits per heavy atom. The van der Waals surface area contributed by atoms with Crippen LogP contribution in [0, 0.1) is 0 Å². The zero-order chi connectivity index (χ0) is 15.6. The van der Waals surface area contributed by atoms with E-state index in [-0.39, 0.29) is 11.8 Å². The van der Waals surface area contributed by atoms with E-state index in [1.54, 1.807) is 10.4 Å². The number of nitrogens with one attached hydrogen (secondary N) is 1. The van der Waals surface area contributed by atoms with Gasteiger partial charge in [-0.15, -0.1) is 0 Å². The summed E-state index contributed by atoms with van der Waals surface area (Å²) < 4.78 is 32.5. The van der Waals surface area contributed by atoms with Crippen molar-refractivity contribution in [1.82, 2.24) is 14.8 Å². The Balaban J connectivity index is 1.87. The highest BCUT2D eigenvalue weighted by molar-refractivity contribution is 7.88. The highest BCUT2D eigenvalue weighted by Gasteiger charge is 2.32. The van der Waals surface area contributed by atoms with Gasteiger partial charge in [0, 0.05) is 24.5 Å². The highest BCUT2D eigenvalue weighted by Crippen LogP contribution is 2.23. The van der Waals surface area contributed by atoms with E-state index in [9.17, 15) is 8.42 Å². The molecule has 0 radical (unpaired) electrons.